The van der Waals surface area contributed by atoms with Crippen LogP contribution in [0.2, 0.25) is 0 Å². The molecule has 4 aliphatic carbocycles. The number of hydrogen-bond acceptors (Lipinski definition) is 4. The molecule has 4 amide bonds. The summed E-state index contributed by atoms with van der Waals surface area (Å²) >= 11 is 0. The number of hydrogen-bond donors (Lipinski definition) is 4. The summed E-state index contributed by atoms with van der Waals surface area (Å²) in [5.74, 6) is 1.95. The molecular weight excluding hydrogens is 368 g/mol. The van der Waals surface area contributed by atoms with Crippen LogP contribution < -0.4 is 22.3 Å². The number of carbonyl (C=O) groups excluding carboxylic acids is 2. The zero-order valence-corrected chi connectivity index (χ0v) is 17.3. The van der Waals surface area contributed by atoms with E-state index in [1.165, 1.54) is 18.4 Å². The number of primary amides is 2. The molecule has 3 fully saturated rings. The van der Waals surface area contributed by atoms with E-state index in [4.69, 9.17) is 11.5 Å². The summed E-state index contributed by atoms with van der Waals surface area (Å²) in [6.07, 6.45) is 10.7. The van der Waals surface area contributed by atoms with Gasteiger partial charge in [0, 0.05) is 11.1 Å². The average Bonchev–Trinajstić information content (AvgIpc) is 3.01. The molecule has 0 saturated heterocycles. The normalized spacial score (nSPS) is 41.2. The number of carbonyl (C=O) groups is 2. The van der Waals surface area contributed by atoms with E-state index < -0.39 is 12.1 Å². The summed E-state index contributed by atoms with van der Waals surface area (Å²) in [7, 11) is 0. The van der Waals surface area contributed by atoms with Crippen molar-refractivity contribution in [3.05, 3.63) is 11.6 Å². The molecule has 3 saturated carbocycles. The number of allylic oxidation sites excluding steroid dienone is 2. The lowest BCUT2D eigenvalue weighted by molar-refractivity contribution is -0.0155. The van der Waals surface area contributed by atoms with Gasteiger partial charge in [0.15, 0.2) is 0 Å². The molecule has 0 heterocycles. The van der Waals surface area contributed by atoms with Gasteiger partial charge in [-0.1, -0.05) is 19.4 Å². The molecule has 0 bridgehead atoms. The third-order valence-corrected chi connectivity index (χ3v) is 8.33. The molecular formula is C21H32N6O2. The van der Waals surface area contributed by atoms with Gasteiger partial charge in [0.2, 0.25) is 0 Å². The number of rotatable bonds is 2. The van der Waals surface area contributed by atoms with Gasteiger partial charge in [0.05, 0.1) is 5.71 Å². The van der Waals surface area contributed by atoms with Crippen LogP contribution in [-0.4, -0.2) is 23.5 Å². The van der Waals surface area contributed by atoms with Gasteiger partial charge in [-0.15, -0.1) is 0 Å². The van der Waals surface area contributed by atoms with Crippen molar-refractivity contribution >= 4 is 23.5 Å². The van der Waals surface area contributed by atoms with Crippen molar-refractivity contribution in [1.82, 2.24) is 10.9 Å². The predicted octanol–water partition coefficient (Wildman–Crippen LogP) is 3.00. The third kappa shape index (κ3) is 3.32. The zero-order valence-electron chi connectivity index (χ0n) is 17.3. The summed E-state index contributed by atoms with van der Waals surface area (Å²) in [6.45, 7) is 4.76. The first-order valence-corrected chi connectivity index (χ1v) is 10.7. The smallest absolute Gasteiger partial charge is 0.332 e. The Labute approximate surface area is 171 Å². The summed E-state index contributed by atoms with van der Waals surface area (Å²) in [6, 6.07) is -1.22. The van der Waals surface area contributed by atoms with Crippen molar-refractivity contribution < 1.29 is 9.59 Å². The van der Waals surface area contributed by atoms with Gasteiger partial charge in [0.25, 0.3) is 0 Å². The van der Waals surface area contributed by atoms with Crippen molar-refractivity contribution in [3.8, 4) is 0 Å². The fourth-order valence-corrected chi connectivity index (χ4v) is 6.88. The van der Waals surface area contributed by atoms with Crippen LogP contribution in [0.4, 0.5) is 9.59 Å². The molecule has 0 spiro atoms. The molecule has 158 valence electrons. The largest absolute Gasteiger partial charge is 0.350 e. The Kier molecular flexibility index (Phi) is 4.91. The van der Waals surface area contributed by atoms with E-state index in [1.54, 1.807) is 0 Å². The standard InChI is InChI=1S/C21H32N6O2/c1-20-9-7-13(24-26-18(22)28)11-12(20)3-4-14-15-5-6-17(25-27-19(23)29)21(15,2)10-8-16(14)20/h11,14-16H,3-10H2,1-2H3,(H3,22,26,28)(H3,23,27,29)/b24-13-,25-17-/t14?,15?,16?,20-,21-/m0/s1. The molecule has 0 radical (unpaired) electrons. The number of urea groups is 2. The fraction of sp³-hybridized carbons (Fsp3) is 0.714. The lowest BCUT2D eigenvalue weighted by atomic mass is 9.47. The number of nitrogens with one attached hydrogen (secondary N) is 2. The summed E-state index contributed by atoms with van der Waals surface area (Å²) < 4.78 is 0. The second kappa shape index (κ2) is 7.15. The highest BCUT2D eigenvalue weighted by molar-refractivity contribution is 5.97. The Balaban J connectivity index is 1.57. The highest BCUT2D eigenvalue weighted by Gasteiger charge is 2.58. The highest BCUT2D eigenvalue weighted by Crippen LogP contribution is 2.64. The molecule has 4 aliphatic rings. The van der Waals surface area contributed by atoms with E-state index in [2.05, 4.69) is 41.0 Å². The van der Waals surface area contributed by atoms with Gasteiger partial charge >= 0.3 is 12.1 Å². The summed E-state index contributed by atoms with van der Waals surface area (Å²) in [4.78, 5) is 22.1. The van der Waals surface area contributed by atoms with Crippen LogP contribution in [0.3, 0.4) is 0 Å². The molecule has 5 atom stereocenters. The van der Waals surface area contributed by atoms with E-state index in [9.17, 15) is 9.59 Å². The third-order valence-electron chi connectivity index (χ3n) is 8.33. The zero-order chi connectivity index (χ0) is 20.8. The van der Waals surface area contributed by atoms with E-state index in [-0.39, 0.29) is 10.8 Å². The molecule has 0 aromatic rings. The SMILES string of the molecule is C[C@]12CC/C(=N/NC(N)=O)C=C1CCC1C2CC[C@]2(C)/C(=N\NC(N)=O)CCC12. The van der Waals surface area contributed by atoms with Crippen LogP contribution in [0, 0.1) is 28.6 Å². The minimum Gasteiger partial charge on any atom is -0.350 e. The molecule has 0 aliphatic heterocycles. The highest BCUT2D eigenvalue weighted by atomic mass is 16.2. The fourth-order valence-electron chi connectivity index (χ4n) is 6.88. The minimum atomic E-state index is -0.621. The predicted molar refractivity (Wildman–Crippen MR) is 112 cm³/mol. The Morgan fingerprint density at radius 3 is 2.34 bits per heavy atom. The van der Waals surface area contributed by atoms with Gasteiger partial charge < -0.3 is 11.5 Å². The maximum atomic E-state index is 11.1. The summed E-state index contributed by atoms with van der Waals surface area (Å²) in [5, 5.41) is 8.55. The lowest BCUT2D eigenvalue weighted by Crippen LogP contribution is -2.50. The first-order valence-electron chi connectivity index (χ1n) is 10.7. The van der Waals surface area contributed by atoms with E-state index in [0.29, 0.717) is 17.8 Å². The van der Waals surface area contributed by atoms with Crippen molar-refractivity contribution in [2.45, 2.75) is 65.2 Å². The van der Waals surface area contributed by atoms with Crippen molar-refractivity contribution in [2.75, 3.05) is 0 Å². The Bertz CT molecular complexity index is 818. The van der Waals surface area contributed by atoms with Gasteiger partial charge in [-0.3, -0.25) is 0 Å². The quantitative estimate of drug-likeness (QED) is 0.530. The van der Waals surface area contributed by atoms with Crippen molar-refractivity contribution in [3.63, 3.8) is 0 Å². The van der Waals surface area contributed by atoms with Crippen LogP contribution in [0.1, 0.15) is 65.2 Å². The van der Waals surface area contributed by atoms with E-state index in [0.717, 1.165) is 49.9 Å². The molecule has 0 aromatic carbocycles. The van der Waals surface area contributed by atoms with E-state index >= 15 is 0 Å². The molecule has 6 N–H and O–H groups in total. The van der Waals surface area contributed by atoms with Gasteiger partial charge in [-0.25, -0.2) is 20.4 Å². The average molecular weight is 401 g/mol. The van der Waals surface area contributed by atoms with Crippen LogP contribution in [0.5, 0.6) is 0 Å². The lowest BCUT2D eigenvalue weighted by Gasteiger charge is -2.57. The molecule has 8 nitrogen and oxygen atoms in total. The van der Waals surface area contributed by atoms with Gasteiger partial charge in [0.1, 0.15) is 0 Å². The minimum absolute atomic E-state index is 0.0634. The second-order valence-corrected chi connectivity index (χ2v) is 9.61. The molecule has 3 unspecified atom stereocenters. The first kappa shape index (κ1) is 19.9. The topological polar surface area (TPSA) is 135 Å². The van der Waals surface area contributed by atoms with Crippen LogP contribution >= 0.6 is 0 Å². The number of hydrazone groups is 2. The monoisotopic (exact) mass is 400 g/mol. The maximum Gasteiger partial charge on any atom is 0.332 e. The molecule has 8 heteroatoms. The van der Waals surface area contributed by atoms with Crippen molar-refractivity contribution in [2.24, 2.45) is 50.3 Å². The van der Waals surface area contributed by atoms with Crippen LogP contribution in [0.15, 0.2) is 21.9 Å². The van der Waals surface area contributed by atoms with Crippen LogP contribution in [0.25, 0.3) is 0 Å². The molecule has 4 rings (SSSR count). The molecule has 0 aromatic heterocycles. The Hall–Kier alpha value is -2.38. The summed E-state index contributed by atoms with van der Waals surface area (Å²) in [5.41, 5.74) is 19.0. The first-order chi connectivity index (χ1) is 13.7. The van der Waals surface area contributed by atoms with Crippen molar-refractivity contribution in [1.29, 1.82) is 0 Å². The van der Waals surface area contributed by atoms with Gasteiger partial charge in [-0.2, -0.15) is 10.2 Å². The Morgan fingerprint density at radius 2 is 1.62 bits per heavy atom. The van der Waals surface area contributed by atoms with Gasteiger partial charge in [-0.05, 0) is 80.6 Å². The van der Waals surface area contributed by atoms with Crippen LogP contribution in [-0.2, 0) is 0 Å². The maximum absolute atomic E-state index is 11.1. The molecule has 29 heavy (non-hydrogen) atoms. The second-order valence-electron chi connectivity index (χ2n) is 9.61. The number of fused-ring (bicyclic) bond motifs is 5. The number of amides is 4. The van der Waals surface area contributed by atoms with E-state index in [1.807, 2.05) is 0 Å². The number of nitrogens with two attached hydrogens (primary N) is 2. The Morgan fingerprint density at radius 1 is 0.931 bits per heavy atom. The number of nitrogens with zero attached hydrogens (tertiary/aromatic N) is 2.